The molecule has 0 bridgehead atoms. The average Bonchev–Trinajstić information content (AvgIpc) is 3.17. The van der Waals surface area contributed by atoms with E-state index in [9.17, 15) is 0 Å². The van der Waals surface area contributed by atoms with E-state index in [2.05, 4.69) is 30.9 Å². The summed E-state index contributed by atoms with van der Waals surface area (Å²) in [4.78, 5) is 2.34. The molecule has 0 spiro atoms. The second-order valence-electron chi connectivity index (χ2n) is 5.76. The van der Waals surface area contributed by atoms with E-state index in [0.29, 0.717) is 6.04 Å². The minimum absolute atomic E-state index is 0.461. The van der Waals surface area contributed by atoms with Crippen molar-refractivity contribution in [2.45, 2.75) is 38.1 Å². The Kier molecular flexibility index (Phi) is 2.90. The molecule has 3 heterocycles. The smallest absolute Gasteiger partial charge is 0.151 e. The van der Waals surface area contributed by atoms with E-state index in [1.807, 2.05) is 18.5 Å². The van der Waals surface area contributed by atoms with Gasteiger partial charge in [-0.05, 0) is 49.8 Å². The molecule has 104 valence electrons. The molecule has 5 heteroatoms. The van der Waals surface area contributed by atoms with Crippen molar-refractivity contribution in [3.8, 4) is 0 Å². The van der Waals surface area contributed by atoms with Crippen molar-refractivity contribution in [2.75, 3.05) is 18.0 Å². The molecule has 0 amide bonds. The molecule has 0 radical (unpaired) electrons. The van der Waals surface area contributed by atoms with Gasteiger partial charge >= 0.3 is 0 Å². The largest absolute Gasteiger partial charge is 0.353 e. The molecule has 2 aromatic heterocycles. The van der Waals surface area contributed by atoms with Crippen molar-refractivity contribution < 1.29 is 0 Å². The predicted molar refractivity (Wildman–Crippen MR) is 76.8 cm³/mol. The van der Waals surface area contributed by atoms with Crippen molar-refractivity contribution in [2.24, 2.45) is 0 Å². The van der Waals surface area contributed by atoms with Crippen LogP contribution in [0.1, 0.15) is 36.6 Å². The summed E-state index contributed by atoms with van der Waals surface area (Å²) in [5, 5.41) is 13.2. The Hall–Kier alpha value is -1.91. The van der Waals surface area contributed by atoms with Crippen LogP contribution in [0, 0.1) is 0 Å². The van der Waals surface area contributed by atoms with E-state index in [-0.39, 0.29) is 0 Å². The Morgan fingerprint density at radius 1 is 1.15 bits per heavy atom. The first-order valence-corrected chi connectivity index (χ1v) is 7.50. The van der Waals surface area contributed by atoms with Gasteiger partial charge in [0.1, 0.15) is 0 Å². The first-order chi connectivity index (χ1) is 9.90. The molecule has 1 aliphatic carbocycles. The molecule has 4 rings (SSSR count). The van der Waals surface area contributed by atoms with Crippen LogP contribution in [-0.2, 0) is 12.8 Å². The van der Waals surface area contributed by atoms with Crippen molar-refractivity contribution in [1.29, 1.82) is 0 Å². The van der Waals surface area contributed by atoms with E-state index in [1.54, 1.807) is 0 Å². The minimum Gasteiger partial charge on any atom is -0.353 e. The summed E-state index contributed by atoms with van der Waals surface area (Å²) < 4.78 is 2.06. The second kappa shape index (κ2) is 4.89. The number of hydrogen-bond donors (Lipinski definition) is 0. The second-order valence-corrected chi connectivity index (χ2v) is 5.76. The highest BCUT2D eigenvalue weighted by Crippen LogP contribution is 2.27. The zero-order valence-electron chi connectivity index (χ0n) is 11.6. The third-order valence-corrected chi connectivity index (χ3v) is 4.44. The fourth-order valence-electron chi connectivity index (χ4n) is 3.30. The summed E-state index contributed by atoms with van der Waals surface area (Å²) in [5.74, 6) is 1.04. The first-order valence-electron chi connectivity index (χ1n) is 7.50. The molecule has 1 unspecified atom stereocenters. The van der Waals surface area contributed by atoms with Crippen LogP contribution >= 0.6 is 0 Å². The molecule has 1 fully saturated rings. The molecule has 1 atom stereocenters. The quantitative estimate of drug-likeness (QED) is 0.836. The molecule has 2 aliphatic rings. The third kappa shape index (κ3) is 2.07. The predicted octanol–water partition coefficient (Wildman–Crippen LogP) is 2.00. The summed E-state index contributed by atoms with van der Waals surface area (Å²) in [6.45, 7) is 2.02. The average molecular weight is 269 g/mol. The monoisotopic (exact) mass is 269 g/mol. The Labute approximate surface area is 118 Å². The normalized spacial score (nSPS) is 22.0. The highest BCUT2D eigenvalue weighted by atomic mass is 15.3. The van der Waals surface area contributed by atoms with Crippen LogP contribution in [0.4, 0.5) is 5.82 Å². The molecular formula is C15H19N5. The van der Waals surface area contributed by atoms with E-state index in [1.165, 1.54) is 24.1 Å². The number of fused-ring (bicyclic) bond motifs is 1. The maximum absolute atomic E-state index is 4.44. The van der Waals surface area contributed by atoms with Crippen LogP contribution in [0.3, 0.4) is 0 Å². The van der Waals surface area contributed by atoms with Gasteiger partial charge in [0.2, 0.25) is 0 Å². The topological polar surface area (TPSA) is 46.8 Å². The lowest BCUT2D eigenvalue weighted by atomic mass is 9.97. The van der Waals surface area contributed by atoms with Gasteiger partial charge in [-0.25, -0.2) is 0 Å². The molecule has 0 N–H and O–H groups in total. The van der Waals surface area contributed by atoms with E-state index >= 15 is 0 Å². The zero-order chi connectivity index (χ0) is 13.4. The molecule has 0 aromatic carbocycles. The fraction of sp³-hybridized carbons (Fsp3) is 0.533. The van der Waals surface area contributed by atoms with Gasteiger partial charge in [-0.3, -0.25) is 4.68 Å². The standard InChI is InChI=1S/C15H19N5/c1-2-5-14-12(4-1)10-15(18-17-14)19-9-6-13(11-19)20-8-3-7-16-20/h3,7-8,10,13H,1-2,4-6,9,11H2. The molecule has 2 aromatic rings. The van der Waals surface area contributed by atoms with Crippen molar-refractivity contribution in [3.63, 3.8) is 0 Å². The van der Waals surface area contributed by atoms with Gasteiger partial charge < -0.3 is 4.90 Å². The van der Waals surface area contributed by atoms with Gasteiger partial charge in [-0.1, -0.05) is 0 Å². The maximum atomic E-state index is 4.44. The molecule has 1 saturated heterocycles. The molecule has 5 nitrogen and oxygen atoms in total. The molecule has 1 aliphatic heterocycles. The Balaban J connectivity index is 1.54. The zero-order valence-corrected chi connectivity index (χ0v) is 11.6. The Morgan fingerprint density at radius 3 is 3.00 bits per heavy atom. The van der Waals surface area contributed by atoms with E-state index in [0.717, 1.165) is 38.2 Å². The lowest BCUT2D eigenvalue weighted by molar-refractivity contribution is 0.494. The summed E-state index contributed by atoms with van der Waals surface area (Å²) in [6.07, 6.45) is 9.82. The number of hydrogen-bond acceptors (Lipinski definition) is 4. The van der Waals surface area contributed by atoms with Crippen molar-refractivity contribution >= 4 is 5.82 Å². The van der Waals surface area contributed by atoms with Gasteiger partial charge in [-0.15, -0.1) is 5.10 Å². The SMILES string of the molecule is c1cnn(C2CCN(c3cc4c(nn3)CCCC4)C2)c1. The summed E-state index contributed by atoms with van der Waals surface area (Å²) in [6, 6.07) is 4.71. The van der Waals surface area contributed by atoms with Gasteiger partial charge in [0.05, 0.1) is 11.7 Å². The third-order valence-electron chi connectivity index (χ3n) is 4.44. The Bertz CT molecular complexity index is 592. The summed E-state index contributed by atoms with van der Waals surface area (Å²) in [5.41, 5.74) is 2.62. The lowest BCUT2D eigenvalue weighted by Gasteiger charge is -2.20. The maximum Gasteiger partial charge on any atom is 0.151 e. The van der Waals surface area contributed by atoms with Crippen LogP contribution in [0.2, 0.25) is 0 Å². The van der Waals surface area contributed by atoms with Crippen LogP contribution in [0.15, 0.2) is 24.5 Å². The number of aromatic nitrogens is 4. The van der Waals surface area contributed by atoms with E-state index < -0.39 is 0 Å². The van der Waals surface area contributed by atoms with E-state index in [4.69, 9.17) is 0 Å². The lowest BCUT2D eigenvalue weighted by Crippen LogP contribution is -2.23. The summed E-state index contributed by atoms with van der Waals surface area (Å²) in [7, 11) is 0. The molecule has 20 heavy (non-hydrogen) atoms. The van der Waals surface area contributed by atoms with Crippen molar-refractivity contribution in [1.82, 2.24) is 20.0 Å². The van der Waals surface area contributed by atoms with Crippen LogP contribution < -0.4 is 4.90 Å². The summed E-state index contributed by atoms with van der Waals surface area (Å²) >= 11 is 0. The van der Waals surface area contributed by atoms with Gasteiger partial charge in [0, 0.05) is 25.5 Å². The minimum atomic E-state index is 0.461. The van der Waals surface area contributed by atoms with Gasteiger partial charge in [0.25, 0.3) is 0 Å². The van der Waals surface area contributed by atoms with Crippen molar-refractivity contribution in [3.05, 3.63) is 35.8 Å². The molecule has 0 saturated carbocycles. The van der Waals surface area contributed by atoms with Gasteiger partial charge in [0.15, 0.2) is 5.82 Å². The fourth-order valence-corrected chi connectivity index (χ4v) is 3.30. The number of nitrogens with zero attached hydrogens (tertiary/aromatic N) is 5. The number of aryl methyl sites for hydroxylation is 2. The van der Waals surface area contributed by atoms with Crippen LogP contribution in [0.25, 0.3) is 0 Å². The molecular weight excluding hydrogens is 250 g/mol. The number of rotatable bonds is 2. The highest BCUT2D eigenvalue weighted by Gasteiger charge is 2.26. The number of anilines is 1. The highest BCUT2D eigenvalue weighted by molar-refractivity contribution is 5.43. The van der Waals surface area contributed by atoms with Crippen LogP contribution in [-0.4, -0.2) is 33.1 Å². The van der Waals surface area contributed by atoms with Crippen LogP contribution in [0.5, 0.6) is 0 Å². The Morgan fingerprint density at radius 2 is 2.10 bits per heavy atom. The van der Waals surface area contributed by atoms with Gasteiger partial charge in [-0.2, -0.15) is 10.2 Å². The first kappa shape index (κ1) is 11.9.